The third-order valence-electron chi connectivity index (χ3n) is 3.41. The van der Waals surface area contributed by atoms with Crippen LogP contribution in [0.2, 0.25) is 0 Å². The Morgan fingerprint density at radius 2 is 1.32 bits per heavy atom. The van der Waals surface area contributed by atoms with E-state index in [1.54, 1.807) is 0 Å². The molecule has 116 valence electrons. The molecule has 5 heteroatoms. The van der Waals surface area contributed by atoms with Gasteiger partial charge in [-0.1, -0.05) is 64.7 Å². The van der Waals surface area contributed by atoms with E-state index in [4.69, 9.17) is 4.55 Å². The SMILES string of the molecule is CCCCCCCCCCCCNC(C)S(=O)(=O)O. The van der Waals surface area contributed by atoms with Crippen LogP contribution in [0.4, 0.5) is 0 Å². The fourth-order valence-electron chi connectivity index (χ4n) is 2.02. The molecule has 0 rings (SSSR count). The number of hydrogen-bond donors (Lipinski definition) is 2. The van der Waals surface area contributed by atoms with Gasteiger partial charge in [0.05, 0.1) is 0 Å². The van der Waals surface area contributed by atoms with Gasteiger partial charge in [0.2, 0.25) is 0 Å². The Labute approximate surface area is 119 Å². The first-order valence-electron chi connectivity index (χ1n) is 7.68. The zero-order valence-corrected chi connectivity index (χ0v) is 13.3. The molecular formula is C14H31NO3S. The first-order valence-corrected chi connectivity index (χ1v) is 9.18. The van der Waals surface area contributed by atoms with Crippen LogP contribution in [-0.2, 0) is 10.1 Å². The van der Waals surface area contributed by atoms with E-state index in [-0.39, 0.29) is 0 Å². The molecule has 0 aliphatic rings. The van der Waals surface area contributed by atoms with E-state index in [1.807, 2.05) is 0 Å². The van der Waals surface area contributed by atoms with E-state index in [9.17, 15) is 8.42 Å². The van der Waals surface area contributed by atoms with Crippen LogP contribution in [0.1, 0.15) is 78.1 Å². The highest BCUT2D eigenvalue weighted by atomic mass is 32.2. The Bertz CT molecular complexity index is 291. The van der Waals surface area contributed by atoms with Gasteiger partial charge in [-0.05, 0) is 19.9 Å². The summed E-state index contributed by atoms with van der Waals surface area (Å²) in [6, 6.07) is 0. The van der Waals surface area contributed by atoms with Crippen LogP contribution in [0.25, 0.3) is 0 Å². The van der Waals surface area contributed by atoms with Gasteiger partial charge >= 0.3 is 0 Å². The molecule has 0 saturated carbocycles. The summed E-state index contributed by atoms with van der Waals surface area (Å²) in [5, 5.41) is 1.95. The van der Waals surface area contributed by atoms with Crippen molar-refractivity contribution < 1.29 is 13.0 Å². The van der Waals surface area contributed by atoms with E-state index < -0.39 is 15.5 Å². The normalized spacial score (nSPS) is 13.6. The van der Waals surface area contributed by atoms with Crippen molar-refractivity contribution in [2.75, 3.05) is 6.54 Å². The van der Waals surface area contributed by atoms with E-state index in [1.165, 1.54) is 58.3 Å². The van der Waals surface area contributed by atoms with Crippen molar-refractivity contribution in [3.8, 4) is 0 Å². The summed E-state index contributed by atoms with van der Waals surface area (Å²) in [5.41, 5.74) is 0. The number of hydrogen-bond acceptors (Lipinski definition) is 3. The molecule has 0 amide bonds. The third-order valence-corrected chi connectivity index (χ3v) is 4.47. The number of rotatable bonds is 13. The summed E-state index contributed by atoms with van der Waals surface area (Å²) in [4.78, 5) is 0. The molecule has 4 nitrogen and oxygen atoms in total. The summed E-state index contributed by atoms with van der Waals surface area (Å²) >= 11 is 0. The molecule has 0 aliphatic carbocycles. The molecular weight excluding hydrogens is 262 g/mol. The molecule has 0 radical (unpaired) electrons. The minimum atomic E-state index is -3.93. The molecule has 0 aromatic heterocycles. The fourth-order valence-corrected chi connectivity index (χ4v) is 2.35. The Morgan fingerprint density at radius 1 is 0.895 bits per heavy atom. The van der Waals surface area contributed by atoms with E-state index in [0.29, 0.717) is 6.54 Å². The smallest absolute Gasteiger partial charge is 0.280 e. The monoisotopic (exact) mass is 293 g/mol. The molecule has 0 bridgehead atoms. The average molecular weight is 293 g/mol. The lowest BCUT2D eigenvalue weighted by molar-refractivity contribution is 0.452. The van der Waals surface area contributed by atoms with Crippen LogP contribution < -0.4 is 5.32 Å². The maximum atomic E-state index is 10.7. The Hall–Kier alpha value is -0.130. The van der Waals surface area contributed by atoms with Crippen molar-refractivity contribution in [2.45, 2.75) is 83.4 Å². The predicted molar refractivity (Wildman–Crippen MR) is 80.9 cm³/mol. The van der Waals surface area contributed by atoms with Crippen LogP contribution in [0.3, 0.4) is 0 Å². The van der Waals surface area contributed by atoms with Gasteiger partial charge in [0.1, 0.15) is 5.37 Å². The lowest BCUT2D eigenvalue weighted by Crippen LogP contribution is -2.34. The molecule has 0 aliphatic heterocycles. The third kappa shape index (κ3) is 12.6. The number of nitrogens with one attached hydrogen (secondary N) is 1. The molecule has 0 aromatic carbocycles. The van der Waals surface area contributed by atoms with Crippen molar-refractivity contribution in [1.29, 1.82) is 0 Å². The van der Waals surface area contributed by atoms with E-state index >= 15 is 0 Å². The minimum absolute atomic E-state index is 0.650. The number of unbranched alkanes of at least 4 members (excludes halogenated alkanes) is 9. The summed E-state index contributed by atoms with van der Waals surface area (Å²) in [6.07, 6.45) is 12.6. The van der Waals surface area contributed by atoms with Crippen molar-refractivity contribution in [3.63, 3.8) is 0 Å². The van der Waals surface area contributed by atoms with Gasteiger partial charge in [-0.15, -0.1) is 0 Å². The van der Waals surface area contributed by atoms with Gasteiger partial charge in [0.25, 0.3) is 10.1 Å². The summed E-state index contributed by atoms with van der Waals surface area (Å²) in [6.45, 7) is 4.35. The molecule has 0 heterocycles. The largest absolute Gasteiger partial charge is 0.299 e. The van der Waals surface area contributed by atoms with Gasteiger partial charge in [0.15, 0.2) is 0 Å². The van der Waals surface area contributed by atoms with Crippen LogP contribution in [0.15, 0.2) is 0 Å². The summed E-state index contributed by atoms with van der Waals surface area (Å²) < 4.78 is 30.2. The van der Waals surface area contributed by atoms with Crippen molar-refractivity contribution in [1.82, 2.24) is 5.32 Å². The molecule has 1 unspecified atom stereocenters. The lowest BCUT2D eigenvalue weighted by Gasteiger charge is -2.10. The molecule has 19 heavy (non-hydrogen) atoms. The van der Waals surface area contributed by atoms with Gasteiger partial charge in [-0.2, -0.15) is 8.42 Å². The quantitative estimate of drug-likeness (QED) is 0.401. The van der Waals surface area contributed by atoms with Crippen LogP contribution >= 0.6 is 0 Å². The predicted octanol–water partition coefficient (Wildman–Crippen LogP) is 3.73. The zero-order chi connectivity index (χ0) is 14.6. The van der Waals surface area contributed by atoms with Crippen molar-refractivity contribution in [3.05, 3.63) is 0 Å². The van der Waals surface area contributed by atoms with Crippen molar-refractivity contribution >= 4 is 10.1 Å². The highest BCUT2D eigenvalue weighted by molar-refractivity contribution is 7.86. The van der Waals surface area contributed by atoms with Gasteiger partial charge < -0.3 is 0 Å². The fraction of sp³-hybridized carbons (Fsp3) is 1.00. The minimum Gasteiger partial charge on any atom is -0.299 e. The lowest BCUT2D eigenvalue weighted by atomic mass is 10.1. The van der Waals surface area contributed by atoms with E-state index in [0.717, 1.165) is 12.8 Å². The highest BCUT2D eigenvalue weighted by Gasteiger charge is 2.15. The Balaban J connectivity index is 3.19. The highest BCUT2D eigenvalue weighted by Crippen LogP contribution is 2.10. The molecule has 0 saturated heterocycles. The first-order chi connectivity index (χ1) is 8.98. The second kappa shape index (κ2) is 11.7. The van der Waals surface area contributed by atoms with Gasteiger partial charge in [0, 0.05) is 0 Å². The van der Waals surface area contributed by atoms with Gasteiger partial charge in [-0.25, -0.2) is 0 Å². The standard InChI is InChI=1S/C14H31NO3S/c1-3-4-5-6-7-8-9-10-11-12-13-15-14(2)19(16,17)18/h14-15H,3-13H2,1-2H3,(H,16,17,18). The van der Waals surface area contributed by atoms with Crippen molar-refractivity contribution in [2.24, 2.45) is 0 Å². The van der Waals surface area contributed by atoms with Crippen LogP contribution in [-0.4, -0.2) is 24.9 Å². The zero-order valence-electron chi connectivity index (χ0n) is 12.5. The summed E-state index contributed by atoms with van der Waals surface area (Å²) in [5.74, 6) is 0. The second-order valence-corrected chi connectivity index (χ2v) is 7.03. The van der Waals surface area contributed by atoms with E-state index in [2.05, 4.69) is 12.2 Å². The summed E-state index contributed by atoms with van der Waals surface area (Å²) in [7, 11) is -3.93. The Kier molecular flexibility index (Phi) is 11.6. The maximum Gasteiger partial charge on any atom is 0.280 e. The molecule has 0 fully saturated rings. The maximum absolute atomic E-state index is 10.7. The molecule has 1 atom stereocenters. The van der Waals surface area contributed by atoms with Crippen LogP contribution in [0.5, 0.6) is 0 Å². The van der Waals surface area contributed by atoms with Gasteiger partial charge in [-0.3, -0.25) is 9.87 Å². The second-order valence-electron chi connectivity index (χ2n) is 5.29. The average Bonchev–Trinajstić information content (AvgIpc) is 2.34. The Morgan fingerprint density at radius 3 is 1.74 bits per heavy atom. The topological polar surface area (TPSA) is 66.4 Å². The first kappa shape index (κ1) is 18.9. The molecule has 2 N–H and O–H groups in total. The molecule has 0 spiro atoms. The molecule has 0 aromatic rings. The van der Waals surface area contributed by atoms with Crippen LogP contribution in [0, 0.1) is 0 Å².